The summed E-state index contributed by atoms with van der Waals surface area (Å²) in [5, 5.41) is 11.7. The summed E-state index contributed by atoms with van der Waals surface area (Å²) >= 11 is 0. The molecule has 3 rings (SSSR count). The number of carboxylic acid groups (broad SMARTS) is 1. The summed E-state index contributed by atoms with van der Waals surface area (Å²) in [6.45, 7) is 0.670. The second-order valence-corrected chi connectivity index (χ2v) is 5.45. The van der Waals surface area contributed by atoms with E-state index in [0.29, 0.717) is 23.8 Å². The van der Waals surface area contributed by atoms with Crippen LogP contribution in [0.3, 0.4) is 0 Å². The molecule has 0 saturated heterocycles. The van der Waals surface area contributed by atoms with Crippen LogP contribution in [0, 0.1) is 5.92 Å². The number of hydrogen-bond donors (Lipinski definition) is 2. The van der Waals surface area contributed by atoms with Gasteiger partial charge in [0.1, 0.15) is 11.5 Å². The second kappa shape index (κ2) is 5.63. The Morgan fingerprint density at radius 2 is 2.19 bits per heavy atom. The number of aliphatic carboxylic acids is 1. The summed E-state index contributed by atoms with van der Waals surface area (Å²) in [6, 6.07) is 5.13. The van der Waals surface area contributed by atoms with Gasteiger partial charge in [0, 0.05) is 19.0 Å². The van der Waals surface area contributed by atoms with Crippen molar-refractivity contribution in [2.24, 2.45) is 5.92 Å². The summed E-state index contributed by atoms with van der Waals surface area (Å²) < 4.78 is 10.7. The SMILES string of the molecule is O=C(COc1ccc2c(c1)OC(C(=O)O)C2)NCC1CC1. The molecular formula is C15H17NO5. The molecule has 6 heteroatoms. The molecule has 2 N–H and O–H groups in total. The zero-order valence-corrected chi connectivity index (χ0v) is 11.5. The van der Waals surface area contributed by atoms with E-state index in [1.165, 1.54) is 12.8 Å². The Kier molecular flexibility index (Phi) is 3.68. The van der Waals surface area contributed by atoms with Gasteiger partial charge in [0.2, 0.25) is 0 Å². The van der Waals surface area contributed by atoms with Crippen molar-refractivity contribution < 1.29 is 24.2 Å². The lowest BCUT2D eigenvalue weighted by molar-refractivity contribution is -0.144. The zero-order chi connectivity index (χ0) is 14.8. The molecule has 1 heterocycles. The van der Waals surface area contributed by atoms with E-state index in [1.807, 2.05) is 0 Å². The third kappa shape index (κ3) is 3.45. The molecule has 21 heavy (non-hydrogen) atoms. The molecule has 0 radical (unpaired) electrons. The highest BCUT2D eigenvalue weighted by Gasteiger charge is 2.29. The third-order valence-corrected chi connectivity index (χ3v) is 3.64. The maximum Gasteiger partial charge on any atom is 0.345 e. The number of carbonyl (C=O) groups excluding carboxylic acids is 1. The summed E-state index contributed by atoms with van der Waals surface area (Å²) in [5.74, 6) is 0.523. The molecule has 6 nitrogen and oxygen atoms in total. The number of hydrogen-bond acceptors (Lipinski definition) is 4. The van der Waals surface area contributed by atoms with Crippen LogP contribution in [0.2, 0.25) is 0 Å². The first kappa shape index (κ1) is 13.7. The van der Waals surface area contributed by atoms with Crippen LogP contribution in [-0.4, -0.2) is 36.2 Å². The number of carbonyl (C=O) groups is 2. The maximum absolute atomic E-state index is 11.6. The molecule has 1 aromatic carbocycles. The van der Waals surface area contributed by atoms with Gasteiger partial charge < -0.3 is 19.9 Å². The molecule has 1 saturated carbocycles. The zero-order valence-electron chi connectivity index (χ0n) is 11.5. The molecule has 0 aromatic heterocycles. The first-order valence-corrected chi connectivity index (χ1v) is 7.03. The van der Waals surface area contributed by atoms with Gasteiger partial charge in [0.25, 0.3) is 5.91 Å². The van der Waals surface area contributed by atoms with Crippen LogP contribution in [0.4, 0.5) is 0 Å². The molecule has 1 fully saturated rings. The topological polar surface area (TPSA) is 84.9 Å². The standard InChI is InChI=1S/C15H17NO5/c17-14(16-7-9-1-2-9)8-20-11-4-3-10-5-13(15(18)19)21-12(10)6-11/h3-4,6,9,13H,1-2,5,7-8H2,(H,16,17)(H,18,19). The summed E-state index contributed by atoms with van der Waals surface area (Å²) in [5.41, 5.74) is 0.841. The minimum Gasteiger partial charge on any atom is -0.484 e. The fraction of sp³-hybridized carbons (Fsp3) is 0.467. The second-order valence-electron chi connectivity index (χ2n) is 5.45. The highest BCUT2D eigenvalue weighted by atomic mass is 16.5. The summed E-state index contributed by atoms with van der Waals surface area (Å²) in [6.07, 6.45) is 1.90. The first-order chi connectivity index (χ1) is 10.1. The van der Waals surface area contributed by atoms with Gasteiger partial charge in [0.05, 0.1) is 0 Å². The highest BCUT2D eigenvalue weighted by Crippen LogP contribution is 2.32. The van der Waals surface area contributed by atoms with Crippen LogP contribution in [0.25, 0.3) is 0 Å². The van der Waals surface area contributed by atoms with Crippen molar-refractivity contribution in [2.75, 3.05) is 13.2 Å². The van der Waals surface area contributed by atoms with E-state index in [0.717, 1.165) is 12.1 Å². The third-order valence-electron chi connectivity index (χ3n) is 3.64. The highest BCUT2D eigenvalue weighted by molar-refractivity contribution is 5.77. The van der Waals surface area contributed by atoms with Gasteiger partial charge in [-0.3, -0.25) is 4.79 Å². The van der Waals surface area contributed by atoms with Crippen molar-refractivity contribution in [1.29, 1.82) is 0 Å². The molecule has 1 aliphatic carbocycles. The van der Waals surface area contributed by atoms with Crippen LogP contribution in [0.1, 0.15) is 18.4 Å². The van der Waals surface area contributed by atoms with E-state index < -0.39 is 12.1 Å². The Hall–Kier alpha value is -2.24. The maximum atomic E-state index is 11.6. The summed E-state index contributed by atoms with van der Waals surface area (Å²) in [4.78, 5) is 22.5. The van der Waals surface area contributed by atoms with Crippen molar-refractivity contribution >= 4 is 11.9 Å². The number of benzene rings is 1. The molecule has 1 atom stereocenters. The van der Waals surface area contributed by atoms with Crippen LogP contribution in [0.15, 0.2) is 18.2 Å². The van der Waals surface area contributed by atoms with Crippen molar-refractivity contribution in [3.63, 3.8) is 0 Å². The molecular weight excluding hydrogens is 274 g/mol. The Morgan fingerprint density at radius 3 is 2.90 bits per heavy atom. The summed E-state index contributed by atoms with van der Waals surface area (Å²) in [7, 11) is 0. The van der Waals surface area contributed by atoms with Gasteiger partial charge in [0.15, 0.2) is 12.7 Å². The van der Waals surface area contributed by atoms with Crippen molar-refractivity contribution in [3.8, 4) is 11.5 Å². The molecule has 1 aliphatic heterocycles. The monoisotopic (exact) mass is 291 g/mol. The van der Waals surface area contributed by atoms with Crippen LogP contribution in [-0.2, 0) is 16.0 Å². The van der Waals surface area contributed by atoms with Crippen molar-refractivity contribution in [3.05, 3.63) is 23.8 Å². The van der Waals surface area contributed by atoms with E-state index in [4.69, 9.17) is 14.6 Å². The largest absolute Gasteiger partial charge is 0.484 e. The Bertz CT molecular complexity index is 567. The van der Waals surface area contributed by atoms with E-state index >= 15 is 0 Å². The van der Waals surface area contributed by atoms with Gasteiger partial charge in [-0.1, -0.05) is 6.07 Å². The fourth-order valence-corrected chi connectivity index (χ4v) is 2.22. The number of fused-ring (bicyclic) bond motifs is 1. The minimum atomic E-state index is -0.979. The first-order valence-electron chi connectivity index (χ1n) is 7.03. The van der Waals surface area contributed by atoms with Gasteiger partial charge >= 0.3 is 5.97 Å². The molecule has 112 valence electrons. The minimum absolute atomic E-state index is 0.0478. The lowest BCUT2D eigenvalue weighted by Gasteiger charge is -2.08. The molecule has 0 bridgehead atoms. The molecule has 1 unspecified atom stereocenters. The quantitative estimate of drug-likeness (QED) is 0.816. The van der Waals surface area contributed by atoms with Gasteiger partial charge in [-0.25, -0.2) is 4.79 Å². The van der Waals surface area contributed by atoms with Crippen LogP contribution in [0.5, 0.6) is 11.5 Å². The molecule has 1 aromatic rings. The van der Waals surface area contributed by atoms with Gasteiger partial charge in [-0.2, -0.15) is 0 Å². The van der Waals surface area contributed by atoms with E-state index in [1.54, 1.807) is 18.2 Å². The Balaban J connectivity index is 1.51. The smallest absolute Gasteiger partial charge is 0.345 e. The van der Waals surface area contributed by atoms with Gasteiger partial charge in [-0.05, 0) is 30.4 Å². The normalized spacial score (nSPS) is 19.5. The average molecular weight is 291 g/mol. The Labute approximate surface area is 122 Å². The Morgan fingerprint density at radius 1 is 1.38 bits per heavy atom. The van der Waals surface area contributed by atoms with Crippen LogP contribution >= 0.6 is 0 Å². The average Bonchev–Trinajstić information content (AvgIpc) is 3.19. The lowest BCUT2D eigenvalue weighted by atomic mass is 10.1. The number of nitrogens with one attached hydrogen (secondary N) is 1. The van der Waals surface area contributed by atoms with E-state index in [2.05, 4.69) is 5.32 Å². The predicted molar refractivity (Wildman–Crippen MR) is 73.4 cm³/mol. The molecule has 0 spiro atoms. The molecule has 1 amide bonds. The fourth-order valence-electron chi connectivity index (χ4n) is 2.22. The van der Waals surface area contributed by atoms with Crippen LogP contribution < -0.4 is 14.8 Å². The van der Waals surface area contributed by atoms with Crippen molar-refractivity contribution in [1.82, 2.24) is 5.32 Å². The number of ether oxygens (including phenoxy) is 2. The number of rotatable bonds is 6. The molecule has 2 aliphatic rings. The number of carboxylic acids is 1. The van der Waals surface area contributed by atoms with E-state index in [9.17, 15) is 9.59 Å². The van der Waals surface area contributed by atoms with E-state index in [-0.39, 0.29) is 12.5 Å². The van der Waals surface area contributed by atoms with Gasteiger partial charge in [-0.15, -0.1) is 0 Å². The predicted octanol–water partition coefficient (Wildman–Crippen LogP) is 0.980. The van der Waals surface area contributed by atoms with Crippen molar-refractivity contribution in [2.45, 2.75) is 25.4 Å². The number of amides is 1. The lowest BCUT2D eigenvalue weighted by Crippen LogP contribution is -2.30.